The molecule has 1 atom stereocenters. The molecule has 3 heterocycles. The van der Waals surface area contributed by atoms with Crippen LogP contribution >= 0.6 is 0 Å². The van der Waals surface area contributed by atoms with Crippen LogP contribution in [-0.2, 0) is 0 Å². The number of hydrogen-bond donors (Lipinski definition) is 1. The van der Waals surface area contributed by atoms with Crippen molar-refractivity contribution < 1.29 is 9.32 Å². The van der Waals surface area contributed by atoms with Gasteiger partial charge in [0.1, 0.15) is 17.8 Å². The Kier molecular flexibility index (Phi) is 4.24. The zero-order chi connectivity index (χ0) is 18.1. The van der Waals surface area contributed by atoms with Gasteiger partial charge in [-0.1, -0.05) is 12.1 Å². The average Bonchev–Trinajstić information content (AvgIpc) is 3.20. The third-order valence-electron chi connectivity index (χ3n) is 4.45. The summed E-state index contributed by atoms with van der Waals surface area (Å²) in [6.07, 6.45) is 8.01. The minimum Gasteiger partial charge on any atom is -0.348 e. The zero-order valence-corrected chi connectivity index (χ0v) is 14.7. The smallest absolute Gasteiger partial charge is 0.271 e. The van der Waals surface area contributed by atoms with Gasteiger partial charge in [-0.15, -0.1) is 0 Å². The van der Waals surface area contributed by atoms with Gasteiger partial charge < -0.3 is 9.84 Å². The van der Waals surface area contributed by atoms with E-state index in [0.717, 1.165) is 30.7 Å². The molecular formula is C18H20N6O2. The number of carbonyl (C=O) groups is 1. The number of nitrogens with one attached hydrogen (secondary N) is 1. The van der Waals surface area contributed by atoms with Crippen LogP contribution in [0.3, 0.4) is 0 Å². The molecule has 1 saturated carbocycles. The molecule has 0 aliphatic heterocycles. The second kappa shape index (κ2) is 6.70. The van der Waals surface area contributed by atoms with Crippen molar-refractivity contribution in [2.24, 2.45) is 0 Å². The van der Waals surface area contributed by atoms with Gasteiger partial charge in [0.15, 0.2) is 5.82 Å². The lowest BCUT2D eigenvalue weighted by Crippen LogP contribution is -2.32. The molecule has 26 heavy (non-hydrogen) atoms. The Balaban J connectivity index is 1.55. The Morgan fingerprint density at radius 1 is 1.42 bits per heavy atom. The first-order valence-corrected chi connectivity index (χ1v) is 8.79. The molecule has 8 nitrogen and oxygen atoms in total. The fourth-order valence-corrected chi connectivity index (χ4v) is 2.52. The molecule has 0 saturated heterocycles. The molecule has 1 aliphatic carbocycles. The standard InChI is InChI=1S/C18H20N6O2/c1-3-11(2)21-17(25)14-9-24(10-20-14)15-8-13(6-7-19-15)18-22-16(23-26-18)12-4-5-12/h6-12H,3-5H2,1-2H3,(H,21,25)/t11-/m1/s1. The van der Waals surface area contributed by atoms with E-state index in [9.17, 15) is 4.79 Å². The quantitative estimate of drug-likeness (QED) is 0.732. The van der Waals surface area contributed by atoms with E-state index in [1.54, 1.807) is 23.3 Å². The van der Waals surface area contributed by atoms with E-state index in [1.807, 2.05) is 26.0 Å². The van der Waals surface area contributed by atoms with Gasteiger partial charge in [-0.05, 0) is 38.3 Å². The molecule has 0 spiro atoms. The van der Waals surface area contributed by atoms with E-state index in [2.05, 4.69) is 25.4 Å². The summed E-state index contributed by atoms with van der Waals surface area (Å²) in [5.41, 5.74) is 1.14. The number of hydrogen-bond acceptors (Lipinski definition) is 6. The molecule has 4 rings (SSSR count). The maximum atomic E-state index is 12.2. The number of carbonyl (C=O) groups excluding carboxylic acids is 1. The van der Waals surface area contributed by atoms with Crippen molar-refractivity contribution in [1.29, 1.82) is 0 Å². The fourth-order valence-electron chi connectivity index (χ4n) is 2.52. The van der Waals surface area contributed by atoms with Gasteiger partial charge >= 0.3 is 0 Å². The van der Waals surface area contributed by atoms with Gasteiger partial charge in [0, 0.05) is 29.9 Å². The van der Waals surface area contributed by atoms with Crippen LogP contribution < -0.4 is 5.32 Å². The Morgan fingerprint density at radius 3 is 3.04 bits per heavy atom. The highest BCUT2D eigenvalue weighted by molar-refractivity contribution is 5.92. The van der Waals surface area contributed by atoms with E-state index >= 15 is 0 Å². The van der Waals surface area contributed by atoms with E-state index in [0.29, 0.717) is 23.3 Å². The van der Waals surface area contributed by atoms with Gasteiger partial charge in [-0.25, -0.2) is 9.97 Å². The fraction of sp³-hybridized carbons (Fsp3) is 0.389. The molecule has 1 amide bonds. The Bertz CT molecular complexity index is 927. The Hall–Kier alpha value is -3.03. The first-order valence-electron chi connectivity index (χ1n) is 8.79. The van der Waals surface area contributed by atoms with Crippen molar-refractivity contribution >= 4 is 5.91 Å². The molecule has 0 unspecified atom stereocenters. The molecule has 134 valence electrons. The number of rotatable bonds is 6. The topological polar surface area (TPSA) is 98.7 Å². The zero-order valence-electron chi connectivity index (χ0n) is 14.7. The van der Waals surface area contributed by atoms with Gasteiger partial charge in [0.25, 0.3) is 11.8 Å². The predicted octanol–water partition coefficient (Wildman–Crippen LogP) is 2.72. The number of nitrogens with zero attached hydrogens (tertiary/aromatic N) is 5. The first kappa shape index (κ1) is 16.4. The maximum Gasteiger partial charge on any atom is 0.271 e. The average molecular weight is 352 g/mol. The second-order valence-corrected chi connectivity index (χ2v) is 6.58. The highest BCUT2D eigenvalue weighted by Gasteiger charge is 2.29. The largest absolute Gasteiger partial charge is 0.348 e. The summed E-state index contributed by atoms with van der Waals surface area (Å²) in [4.78, 5) is 25.2. The van der Waals surface area contributed by atoms with Gasteiger partial charge in [0.2, 0.25) is 0 Å². The van der Waals surface area contributed by atoms with Crippen LogP contribution in [-0.4, -0.2) is 36.6 Å². The maximum absolute atomic E-state index is 12.2. The van der Waals surface area contributed by atoms with E-state index in [4.69, 9.17) is 4.52 Å². The molecule has 1 N–H and O–H groups in total. The van der Waals surface area contributed by atoms with Crippen molar-refractivity contribution in [3.8, 4) is 17.3 Å². The van der Waals surface area contributed by atoms with Gasteiger partial charge in [-0.2, -0.15) is 4.98 Å². The second-order valence-electron chi connectivity index (χ2n) is 6.58. The van der Waals surface area contributed by atoms with E-state index in [-0.39, 0.29) is 11.9 Å². The normalized spacial score (nSPS) is 15.0. The third-order valence-corrected chi connectivity index (χ3v) is 4.45. The minimum atomic E-state index is -0.194. The number of imidazole rings is 1. The Morgan fingerprint density at radius 2 is 2.27 bits per heavy atom. The van der Waals surface area contributed by atoms with Crippen LogP contribution in [0.15, 0.2) is 35.4 Å². The SMILES string of the molecule is CC[C@@H](C)NC(=O)c1cn(-c2cc(-c3nc(C4CC4)no3)ccn2)cn1. The van der Waals surface area contributed by atoms with Gasteiger partial charge in [0.05, 0.1) is 0 Å². The van der Waals surface area contributed by atoms with Crippen molar-refractivity contribution in [3.63, 3.8) is 0 Å². The molecule has 3 aromatic rings. The van der Waals surface area contributed by atoms with Crippen LogP contribution in [0, 0.1) is 0 Å². The van der Waals surface area contributed by atoms with Crippen LogP contribution in [0.1, 0.15) is 55.3 Å². The monoisotopic (exact) mass is 352 g/mol. The molecule has 0 radical (unpaired) electrons. The molecule has 0 bridgehead atoms. The molecule has 0 aromatic carbocycles. The minimum absolute atomic E-state index is 0.104. The molecule has 1 aliphatic rings. The lowest BCUT2D eigenvalue weighted by atomic mass is 10.2. The highest BCUT2D eigenvalue weighted by atomic mass is 16.5. The summed E-state index contributed by atoms with van der Waals surface area (Å²) < 4.78 is 7.07. The van der Waals surface area contributed by atoms with Crippen LogP contribution in [0.4, 0.5) is 0 Å². The summed E-state index contributed by atoms with van der Waals surface area (Å²) in [6.45, 7) is 3.98. The summed E-state index contributed by atoms with van der Waals surface area (Å²) in [5, 5.41) is 6.94. The summed E-state index contributed by atoms with van der Waals surface area (Å²) in [6, 6.07) is 3.76. The lowest BCUT2D eigenvalue weighted by Gasteiger charge is -2.09. The molecular weight excluding hydrogens is 332 g/mol. The van der Waals surface area contributed by atoms with Crippen LogP contribution in [0.5, 0.6) is 0 Å². The number of pyridine rings is 1. The summed E-state index contributed by atoms with van der Waals surface area (Å²) >= 11 is 0. The van der Waals surface area contributed by atoms with Crippen LogP contribution in [0.2, 0.25) is 0 Å². The summed E-state index contributed by atoms with van der Waals surface area (Å²) in [5.74, 6) is 2.12. The van der Waals surface area contributed by atoms with Gasteiger partial charge in [-0.3, -0.25) is 9.36 Å². The van der Waals surface area contributed by atoms with Crippen molar-refractivity contribution in [2.45, 2.75) is 45.1 Å². The summed E-state index contributed by atoms with van der Waals surface area (Å²) in [7, 11) is 0. The first-order chi connectivity index (χ1) is 12.6. The highest BCUT2D eigenvalue weighted by Crippen LogP contribution is 2.38. The number of amides is 1. The van der Waals surface area contributed by atoms with Crippen molar-refractivity contribution in [1.82, 2.24) is 30.0 Å². The Labute approximate surface area is 150 Å². The van der Waals surface area contributed by atoms with E-state index < -0.39 is 0 Å². The predicted molar refractivity (Wildman–Crippen MR) is 93.8 cm³/mol. The molecule has 8 heteroatoms. The lowest BCUT2D eigenvalue weighted by molar-refractivity contribution is 0.0934. The van der Waals surface area contributed by atoms with Crippen molar-refractivity contribution in [3.05, 3.63) is 42.4 Å². The molecule has 3 aromatic heterocycles. The molecule has 1 fully saturated rings. The van der Waals surface area contributed by atoms with E-state index in [1.165, 1.54) is 0 Å². The van der Waals surface area contributed by atoms with Crippen molar-refractivity contribution in [2.75, 3.05) is 0 Å². The third kappa shape index (κ3) is 3.35. The van der Waals surface area contributed by atoms with Crippen LogP contribution in [0.25, 0.3) is 17.3 Å². The number of aromatic nitrogens is 5.